The van der Waals surface area contributed by atoms with E-state index in [1.54, 1.807) is 36.4 Å². The Balaban J connectivity index is 1.65. The third-order valence-electron chi connectivity index (χ3n) is 4.47. The van der Waals surface area contributed by atoms with Crippen molar-refractivity contribution in [2.24, 2.45) is 0 Å². The first-order valence-corrected chi connectivity index (χ1v) is 11.0. The van der Waals surface area contributed by atoms with E-state index >= 15 is 0 Å². The lowest BCUT2D eigenvalue weighted by atomic mass is 10.0. The van der Waals surface area contributed by atoms with Crippen molar-refractivity contribution in [3.05, 3.63) is 80.9 Å². The molecule has 1 saturated heterocycles. The van der Waals surface area contributed by atoms with Crippen molar-refractivity contribution in [1.82, 2.24) is 0 Å². The number of anilines is 1. The van der Waals surface area contributed by atoms with Crippen LogP contribution in [0.3, 0.4) is 0 Å². The van der Waals surface area contributed by atoms with Crippen LogP contribution in [0.4, 0.5) is 5.69 Å². The highest BCUT2D eigenvalue weighted by molar-refractivity contribution is 9.10. The van der Waals surface area contributed by atoms with E-state index in [1.807, 2.05) is 6.07 Å². The number of carbonyl (C=O) groups excluding carboxylic acids is 1. The quantitative estimate of drug-likeness (QED) is 0.329. The highest BCUT2D eigenvalue weighted by atomic mass is 79.9. The molecule has 2 heterocycles. The van der Waals surface area contributed by atoms with Crippen molar-refractivity contribution >= 4 is 73.8 Å². The van der Waals surface area contributed by atoms with E-state index in [9.17, 15) is 24.6 Å². The molecule has 0 spiro atoms. The van der Waals surface area contributed by atoms with Crippen molar-refractivity contribution in [3.63, 3.8) is 0 Å². The van der Waals surface area contributed by atoms with Gasteiger partial charge in [0.15, 0.2) is 4.32 Å². The summed E-state index contributed by atoms with van der Waals surface area (Å²) in [4.78, 5) is 37.4. The van der Waals surface area contributed by atoms with Gasteiger partial charge in [-0.2, -0.15) is 0 Å². The zero-order chi connectivity index (χ0) is 23.0. The summed E-state index contributed by atoms with van der Waals surface area (Å²) in [5.41, 5.74) is 0.584. The van der Waals surface area contributed by atoms with Gasteiger partial charge in [0.05, 0.1) is 21.7 Å². The Hall–Kier alpha value is -3.21. The first-order chi connectivity index (χ1) is 15.2. The zero-order valence-corrected chi connectivity index (χ0v) is 19.2. The van der Waals surface area contributed by atoms with Crippen LogP contribution in [0.15, 0.2) is 68.4 Å². The van der Waals surface area contributed by atoms with Gasteiger partial charge in [-0.25, -0.2) is 9.59 Å². The molecule has 2 N–H and O–H groups in total. The number of rotatable bonds is 5. The number of hydrogen-bond acceptors (Lipinski definition) is 6. The van der Waals surface area contributed by atoms with Crippen molar-refractivity contribution in [3.8, 4) is 11.3 Å². The van der Waals surface area contributed by atoms with Crippen LogP contribution in [0.2, 0.25) is 0 Å². The molecule has 1 aliphatic rings. The van der Waals surface area contributed by atoms with Crippen LogP contribution in [0, 0.1) is 0 Å². The average molecular weight is 530 g/mol. The van der Waals surface area contributed by atoms with E-state index in [-0.39, 0.29) is 22.8 Å². The molecule has 0 bridgehead atoms. The largest absolute Gasteiger partial charge is 0.478 e. The molecule has 0 saturated carbocycles. The van der Waals surface area contributed by atoms with Gasteiger partial charge in [-0.3, -0.25) is 9.69 Å². The van der Waals surface area contributed by atoms with E-state index in [1.165, 1.54) is 17.0 Å². The monoisotopic (exact) mass is 529 g/mol. The van der Waals surface area contributed by atoms with E-state index < -0.39 is 11.9 Å². The highest BCUT2D eigenvalue weighted by Crippen LogP contribution is 2.37. The van der Waals surface area contributed by atoms with Crippen molar-refractivity contribution < 1.29 is 29.0 Å². The normalized spacial score (nSPS) is 14.9. The lowest BCUT2D eigenvalue weighted by molar-refractivity contribution is -0.113. The fourth-order valence-corrected chi connectivity index (χ4v) is 4.70. The number of furan rings is 1. The summed E-state index contributed by atoms with van der Waals surface area (Å²) in [6, 6.07) is 14.1. The van der Waals surface area contributed by atoms with Crippen LogP contribution in [0.5, 0.6) is 0 Å². The number of amides is 1. The summed E-state index contributed by atoms with van der Waals surface area (Å²) in [5, 5.41) is 18.5. The minimum absolute atomic E-state index is 0.173. The number of thiocarbonyl (C=S) groups is 1. The van der Waals surface area contributed by atoms with Crippen LogP contribution in [-0.4, -0.2) is 32.4 Å². The van der Waals surface area contributed by atoms with Gasteiger partial charge in [0.1, 0.15) is 11.5 Å². The Morgan fingerprint density at radius 2 is 1.72 bits per heavy atom. The van der Waals surface area contributed by atoms with Gasteiger partial charge in [-0.15, -0.1) is 0 Å². The number of hydrogen-bond donors (Lipinski definition) is 2. The first kappa shape index (κ1) is 22.0. The summed E-state index contributed by atoms with van der Waals surface area (Å²) in [7, 11) is 0. The molecule has 7 nitrogen and oxygen atoms in total. The Morgan fingerprint density at radius 1 is 1.03 bits per heavy atom. The molecule has 0 atom stereocenters. The standard InChI is InChI=1S/C22H12BrNO6S2/c23-14-2-1-3-15(9-14)24-19(25)18(32-22(24)31)10-16-4-5-17(30-16)11-6-12(20(26)27)8-13(7-11)21(28)29/h1-10H,(H,26,27)(H,28,29)/b18-10+. The summed E-state index contributed by atoms with van der Waals surface area (Å²) in [6.45, 7) is 0. The number of carboxylic acid groups (broad SMARTS) is 2. The third kappa shape index (κ3) is 4.38. The Labute approximate surface area is 199 Å². The molecule has 0 unspecified atom stereocenters. The Bertz CT molecular complexity index is 1300. The molecule has 4 rings (SSSR count). The second-order valence-electron chi connectivity index (χ2n) is 6.61. The summed E-state index contributed by atoms with van der Waals surface area (Å²) in [6.07, 6.45) is 1.54. The molecule has 1 amide bonds. The minimum Gasteiger partial charge on any atom is -0.478 e. The topological polar surface area (TPSA) is 108 Å². The van der Waals surface area contributed by atoms with Gasteiger partial charge >= 0.3 is 11.9 Å². The molecule has 10 heteroatoms. The summed E-state index contributed by atoms with van der Waals surface area (Å²) >= 11 is 9.88. The van der Waals surface area contributed by atoms with Gasteiger partial charge in [0, 0.05) is 16.1 Å². The van der Waals surface area contributed by atoms with Crippen LogP contribution >= 0.6 is 39.9 Å². The van der Waals surface area contributed by atoms with E-state index in [0.717, 1.165) is 22.3 Å². The molecular weight excluding hydrogens is 518 g/mol. The fraction of sp³-hybridized carbons (Fsp3) is 0. The average Bonchev–Trinajstić information content (AvgIpc) is 3.32. The molecule has 1 fully saturated rings. The van der Waals surface area contributed by atoms with Crippen LogP contribution in [-0.2, 0) is 4.79 Å². The maximum absolute atomic E-state index is 12.9. The Kier molecular flexibility index (Phi) is 6.00. The molecule has 1 aliphatic heterocycles. The summed E-state index contributed by atoms with van der Waals surface area (Å²) < 4.78 is 6.94. The maximum atomic E-state index is 12.9. The summed E-state index contributed by atoms with van der Waals surface area (Å²) in [5.74, 6) is -2.19. The minimum atomic E-state index is -1.25. The van der Waals surface area contributed by atoms with E-state index in [4.69, 9.17) is 16.6 Å². The molecule has 0 aliphatic carbocycles. The molecule has 3 aromatic rings. The van der Waals surface area contributed by atoms with Gasteiger partial charge in [0.2, 0.25) is 0 Å². The third-order valence-corrected chi connectivity index (χ3v) is 6.27. The highest BCUT2D eigenvalue weighted by Gasteiger charge is 2.33. The van der Waals surface area contributed by atoms with Crippen molar-refractivity contribution in [1.29, 1.82) is 0 Å². The molecule has 160 valence electrons. The number of nitrogens with zero attached hydrogens (tertiary/aromatic N) is 1. The molecule has 1 aromatic heterocycles. The van der Waals surface area contributed by atoms with Gasteiger partial charge in [-0.05, 0) is 48.5 Å². The van der Waals surface area contributed by atoms with Crippen molar-refractivity contribution in [2.75, 3.05) is 4.90 Å². The maximum Gasteiger partial charge on any atom is 0.335 e. The molecule has 2 aromatic carbocycles. The smallest absolute Gasteiger partial charge is 0.335 e. The van der Waals surface area contributed by atoms with Crippen molar-refractivity contribution in [2.45, 2.75) is 0 Å². The second kappa shape index (κ2) is 8.73. The molecular formula is C22H12BrNO6S2. The Morgan fingerprint density at radius 3 is 2.34 bits per heavy atom. The number of aromatic carboxylic acids is 2. The zero-order valence-electron chi connectivity index (χ0n) is 15.9. The van der Waals surface area contributed by atoms with Crippen LogP contribution in [0.1, 0.15) is 26.5 Å². The van der Waals surface area contributed by atoms with Crippen LogP contribution < -0.4 is 4.90 Å². The van der Waals surface area contributed by atoms with E-state index in [2.05, 4.69) is 15.9 Å². The SMILES string of the molecule is O=C(O)c1cc(C(=O)O)cc(-c2ccc(/C=C3/SC(=S)N(c4cccc(Br)c4)C3=O)o2)c1. The van der Waals surface area contributed by atoms with Gasteiger partial charge < -0.3 is 14.6 Å². The number of carbonyl (C=O) groups is 3. The van der Waals surface area contributed by atoms with Gasteiger partial charge in [0.25, 0.3) is 5.91 Å². The number of halogens is 1. The first-order valence-electron chi connectivity index (χ1n) is 8.98. The lowest BCUT2D eigenvalue weighted by Gasteiger charge is -2.14. The van der Waals surface area contributed by atoms with Crippen LogP contribution in [0.25, 0.3) is 17.4 Å². The number of benzene rings is 2. The van der Waals surface area contributed by atoms with Gasteiger partial charge in [-0.1, -0.05) is 46.0 Å². The number of thioether (sulfide) groups is 1. The molecule has 32 heavy (non-hydrogen) atoms. The molecule has 0 radical (unpaired) electrons. The van der Waals surface area contributed by atoms with E-state index in [0.29, 0.717) is 26.2 Å². The lowest BCUT2D eigenvalue weighted by Crippen LogP contribution is -2.27. The second-order valence-corrected chi connectivity index (χ2v) is 9.20. The predicted octanol–water partition coefficient (Wildman–Crippen LogP) is 5.51. The fourth-order valence-electron chi connectivity index (χ4n) is 3.04. The number of carboxylic acids is 2. The predicted molar refractivity (Wildman–Crippen MR) is 128 cm³/mol.